The molecular formula is C21H21ClN4O. The predicted octanol–water partition coefficient (Wildman–Crippen LogP) is 4.52. The van der Waals surface area contributed by atoms with Crippen molar-refractivity contribution in [3.05, 3.63) is 65.3 Å². The summed E-state index contributed by atoms with van der Waals surface area (Å²) < 4.78 is 5.80. The Morgan fingerprint density at radius 3 is 2.63 bits per heavy atom. The molecule has 27 heavy (non-hydrogen) atoms. The summed E-state index contributed by atoms with van der Waals surface area (Å²) in [5.41, 5.74) is 2.23. The molecule has 1 aromatic carbocycles. The zero-order valence-electron chi connectivity index (χ0n) is 15.1. The second-order valence-electron chi connectivity index (χ2n) is 7.58. The molecule has 2 aliphatic rings. The molecule has 5 rings (SSSR count). The third kappa shape index (κ3) is 2.95. The molecule has 0 unspecified atom stereocenters. The summed E-state index contributed by atoms with van der Waals surface area (Å²) in [5.74, 6) is 1.92. The first-order valence-corrected chi connectivity index (χ1v) is 9.80. The van der Waals surface area contributed by atoms with Crippen LogP contribution < -0.4 is 0 Å². The number of nitrogens with zero attached hydrogens (tertiary/aromatic N) is 4. The van der Waals surface area contributed by atoms with Crippen LogP contribution in [0.5, 0.6) is 0 Å². The van der Waals surface area contributed by atoms with Crippen molar-refractivity contribution in [2.45, 2.75) is 43.2 Å². The Morgan fingerprint density at radius 1 is 1.07 bits per heavy atom. The predicted molar refractivity (Wildman–Crippen MR) is 104 cm³/mol. The zero-order chi connectivity index (χ0) is 18.4. The molecule has 2 saturated heterocycles. The van der Waals surface area contributed by atoms with Crippen LogP contribution in [0, 0.1) is 0 Å². The normalized spacial score (nSPS) is 27.8. The van der Waals surface area contributed by atoms with Crippen LogP contribution >= 0.6 is 11.6 Å². The van der Waals surface area contributed by atoms with Crippen LogP contribution in [0.2, 0.25) is 5.02 Å². The summed E-state index contributed by atoms with van der Waals surface area (Å²) in [7, 11) is 2.23. The highest BCUT2D eigenvalue weighted by molar-refractivity contribution is 6.30. The molecule has 0 saturated carbocycles. The summed E-state index contributed by atoms with van der Waals surface area (Å²) in [4.78, 5) is 11.4. The van der Waals surface area contributed by atoms with Gasteiger partial charge in [-0.1, -0.05) is 28.9 Å². The van der Waals surface area contributed by atoms with Crippen LogP contribution in [0.3, 0.4) is 0 Å². The topological polar surface area (TPSA) is 55.1 Å². The minimum Gasteiger partial charge on any atom is -0.339 e. The Balaban J connectivity index is 1.54. The number of piperidine rings is 1. The van der Waals surface area contributed by atoms with Crippen molar-refractivity contribution in [1.82, 2.24) is 20.0 Å². The van der Waals surface area contributed by atoms with Crippen LogP contribution in [-0.4, -0.2) is 39.2 Å². The summed E-state index contributed by atoms with van der Waals surface area (Å²) in [5, 5.41) is 5.03. The lowest BCUT2D eigenvalue weighted by Crippen LogP contribution is -2.44. The largest absolute Gasteiger partial charge is 0.339 e. The molecule has 5 nitrogen and oxygen atoms in total. The van der Waals surface area contributed by atoms with E-state index >= 15 is 0 Å². The van der Waals surface area contributed by atoms with E-state index < -0.39 is 0 Å². The van der Waals surface area contributed by atoms with Gasteiger partial charge in [0.2, 0.25) is 11.7 Å². The van der Waals surface area contributed by atoms with Gasteiger partial charge in [-0.2, -0.15) is 4.98 Å². The SMILES string of the molecule is CN1[C@@H]2CC[C@@H]1[C@H](c1nc(-c3ccncc3)no1)[C@H](c1ccc(Cl)cc1)C2. The summed E-state index contributed by atoms with van der Waals surface area (Å²) in [6.45, 7) is 0. The second kappa shape index (κ2) is 6.73. The van der Waals surface area contributed by atoms with Crippen molar-refractivity contribution in [2.24, 2.45) is 0 Å². The zero-order valence-corrected chi connectivity index (χ0v) is 15.9. The fourth-order valence-electron chi connectivity index (χ4n) is 4.85. The van der Waals surface area contributed by atoms with Crippen molar-refractivity contribution in [3.63, 3.8) is 0 Å². The number of halogens is 1. The van der Waals surface area contributed by atoms with Crippen LogP contribution in [0.1, 0.15) is 42.6 Å². The Kier molecular flexibility index (Phi) is 4.21. The highest BCUT2D eigenvalue weighted by atomic mass is 35.5. The van der Waals surface area contributed by atoms with E-state index in [0.717, 1.165) is 22.9 Å². The molecule has 138 valence electrons. The first kappa shape index (κ1) is 16.9. The van der Waals surface area contributed by atoms with Gasteiger partial charge in [0.15, 0.2) is 0 Å². The first-order chi connectivity index (χ1) is 13.2. The van der Waals surface area contributed by atoms with Gasteiger partial charge in [-0.25, -0.2) is 0 Å². The Hall–Kier alpha value is -2.24. The molecule has 3 aromatic rings. The molecule has 4 heterocycles. The second-order valence-corrected chi connectivity index (χ2v) is 8.01. The highest BCUT2D eigenvalue weighted by Crippen LogP contribution is 2.50. The molecule has 0 amide bonds. The van der Waals surface area contributed by atoms with E-state index in [9.17, 15) is 0 Å². The number of hydrogen-bond acceptors (Lipinski definition) is 5. The summed E-state index contributed by atoms with van der Waals surface area (Å²) >= 11 is 6.11. The van der Waals surface area contributed by atoms with Gasteiger partial charge in [0.25, 0.3) is 0 Å². The van der Waals surface area contributed by atoms with E-state index in [-0.39, 0.29) is 5.92 Å². The van der Waals surface area contributed by atoms with Crippen LogP contribution in [-0.2, 0) is 0 Å². The lowest BCUT2D eigenvalue weighted by atomic mass is 9.76. The van der Waals surface area contributed by atoms with Crippen molar-refractivity contribution in [1.29, 1.82) is 0 Å². The van der Waals surface area contributed by atoms with Crippen LogP contribution in [0.25, 0.3) is 11.4 Å². The molecule has 2 bridgehead atoms. The van der Waals surface area contributed by atoms with E-state index in [1.165, 1.54) is 18.4 Å². The van der Waals surface area contributed by atoms with Gasteiger partial charge >= 0.3 is 0 Å². The van der Waals surface area contributed by atoms with Crippen LogP contribution in [0.4, 0.5) is 0 Å². The first-order valence-electron chi connectivity index (χ1n) is 9.42. The quantitative estimate of drug-likeness (QED) is 0.668. The number of aromatic nitrogens is 3. The molecule has 2 aliphatic heterocycles. The lowest BCUT2D eigenvalue weighted by molar-refractivity contribution is 0.120. The highest BCUT2D eigenvalue weighted by Gasteiger charge is 2.48. The number of rotatable bonds is 3. The Labute approximate surface area is 163 Å². The molecule has 0 N–H and O–H groups in total. The maximum Gasteiger partial charge on any atom is 0.232 e. The van der Waals surface area contributed by atoms with E-state index in [0.29, 0.717) is 23.8 Å². The molecule has 2 fully saturated rings. The Morgan fingerprint density at radius 2 is 1.85 bits per heavy atom. The van der Waals surface area contributed by atoms with Crippen molar-refractivity contribution < 1.29 is 4.52 Å². The molecule has 0 aliphatic carbocycles. The van der Waals surface area contributed by atoms with Crippen molar-refractivity contribution in [3.8, 4) is 11.4 Å². The van der Waals surface area contributed by atoms with Crippen molar-refractivity contribution in [2.75, 3.05) is 7.05 Å². The van der Waals surface area contributed by atoms with Crippen LogP contribution in [0.15, 0.2) is 53.3 Å². The molecule has 6 heteroatoms. The van der Waals surface area contributed by atoms with E-state index in [2.05, 4.69) is 34.2 Å². The molecule has 0 radical (unpaired) electrons. The number of likely N-dealkylation sites (N-methyl/N-ethyl adjacent to an activating group) is 1. The maximum absolute atomic E-state index is 6.11. The minimum absolute atomic E-state index is 0.193. The van der Waals surface area contributed by atoms with E-state index in [4.69, 9.17) is 21.1 Å². The third-order valence-corrected chi connectivity index (χ3v) is 6.48. The fourth-order valence-corrected chi connectivity index (χ4v) is 4.97. The average Bonchev–Trinajstić information content (AvgIpc) is 3.26. The summed E-state index contributed by atoms with van der Waals surface area (Å²) in [6.07, 6.45) is 7.00. The van der Waals surface area contributed by atoms with Gasteiger partial charge in [0.1, 0.15) is 0 Å². The fraction of sp³-hybridized carbons (Fsp3) is 0.381. The molecule has 4 atom stereocenters. The molecular weight excluding hydrogens is 360 g/mol. The summed E-state index contributed by atoms with van der Waals surface area (Å²) in [6, 6.07) is 13.1. The lowest BCUT2D eigenvalue weighted by Gasteiger charge is -2.41. The number of pyridine rings is 1. The molecule has 0 spiro atoms. The number of hydrogen-bond donors (Lipinski definition) is 0. The van der Waals surface area contributed by atoms with Gasteiger partial charge in [0, 0.05) is 35.1 Å². The molecule has 2 aromatic heterocycles. The van der Waals surface area contributed by atoms with E-state index in [1.54, 1.807) is 12.4 Å². The van der Waals surface area contributed by atoms with Gasteiger partial charge < -0.3 is 4.52 Å². The van der Waals surface area contributed by atoms with Gasteiger partial charge in [-0.15, -0.1) is 0 Å². The van der Waals surface area contributed by atoms with Gasteiger partial charge in [0.05, 0.1) is 5.92 Å². The van der Waals surface area contributed by atoms with E-state index in [1.807, 2.05) is 24.3 Å². The maximum atomic E-state index is 6.11. The van der Waals surface area contributed by atoms with Crippen molar-refractivity contribution >= 4 is 11.6 Å². The Bertz CT molecular complexity index is 927. The standard InChI is InChI=1S/C21H21ClN4O/c1-26-16-6-7-18(26)19(17(12-16)13-2-4-15(22)5-3-13)21-24-20(25-27-21)14-8-10-23-11-9-14/h2-5,8-11,16-19H,6-7,12H2,1H3/t16-,17+,18-,19-/m1/s1. The van der Waals surface area contributed by atoms with Gasteiger partial charge in [-0.3, -0.25) is 9.88 Å². The van der Waals surface area contributed by atoms with Gasteiger partial charge in [-0.05, 0) is 62.1 Å². The third-order valence-electron chi connectivity index (χ3n) is 6.23. The minimum atomic E-state index is 0.193. The number of benzene rings is 1. The smallest absolute Gasteiger partial charge is 0.232 e. The number of fused-ring (bicyclic) bond motifs is 2. The average molecular weight is 381 g/mol. The monoisotopic (exact) mass is 380 g/mol.